The van der Waals surface area contributed by atoms with Gasteiger partial charge in [0.2, 0.25) is 0 Å². The van der Waals surface area contributed by atoms with Crippen LogP contribution in [-0.2, 0) is 0 Å². The van der Waals surface area contributed by atoms with Gasteiger partial charge < -0.3 is 10.9 Å². The zero-order valence-corrected chi connectivity index (χ0v) is 9.05. The number of benzene rings is 1. The van der Waals surface area contributed by atoms with Gasteiger partial charge in [-0.1, -0.05) is 0 Å². The first-order valence-corrected chi connectivity index (χ1v) is 4.53. The Kier molecular flexibility index (Phi) is 2.79. The number of nitrogens with zero attached hydrogens (tertiary/aromatic N) is 1. The molecular weight excluding hydrogens is 176 g/mol. The smallest absolute Gasteiger partial charge is 0.121 e. The fourth-order valence-corrected chi connectivity index (χ4v) is 1.59. The zero-order valence-electron chi connectivity index (χ0n) is 9.05. The Morgan fingerprint density at radius 3 is 1.79 bits per heavy atom. The maximum atomic E-state index is 9.78. The molecule has 3 nitrogen and oxygen atoms in total. The molecule has 0 aromatic heterocycles. The van der Waals surface area contributed by atoms with E-state index in [-0.39, 0.29) is 0 Å². The third-order valence-corrected chi connectivity index (χ3v) is 2.85. The number of phenolic OH excluding ortho intramolecular Hbond substituents is 1. The maximum Gasteiger partial charge on any atom is 0.121 e. The van der Waals surface area contributed by atoms with E-state index in [1.54, 1.807) is 6.21 Å². The predicted molar refractivity (Wildman–Crippen MR) is 58.8 cm³/mol. The molecule has 0 bridgehead atoms. The van der Waals surface area contributed by atoms with Gasteiger partial charge in [0.05, 0.1) is 6.21 Å². The standard InChI is InChI=1S/C11H16N2O/c1-6-8(3)11(14)9(4)7(2)10(6)5-13-12/h5,14H,12H2,1-4H3/b13-5-. The summed E-state index contributed by atoms with van der Waals surface area (Å²) in [4.78, 5) is 0. The predicted octanol–water partition coefficient (Wildman–Crippen LogP) is 1.92. The molecule has 0 aliphatic carbocycles. The van der Waals surface area contributed by atoms with Crippen LogP contribution < -0.4 is 5.84 Å². The van der Waals surface area contributed by atoms with Crippen molar-refractivity contribution in [1.29, 1.82) is 0 Å². The van der Waals surface area contributed by atoms with E-state index in [0.29, 0.717) is 5.75 Å². The Labute approximate surface area is 84.3 Å². The molecule has 0 saturated carbocycles. The van der Waals surface area contributed by atoms with Gasteiger partial charge in [0.15, 0.2) is 0 Å². The molecular formula is C11H16N2O. The van der Waals surface area contributed by atoms with E-state index in [9.17, 15) is 5.11 Å². The highest BCUT2D eigenvalue weighted by Gasteiger charge is 2.12. The Balaban J connectivity index is 3.59. The largest absolute Gasteiger partial charge is 0.507 e. The van der Waals surface area contributed by atoms with E-state index >= 15 is 0 Å². The molecule has 0 aliphatic heterocycles. The van der Waals surface area contributed by atoms with Gasteiger partial charge in [0.1, 0.15) is 5.75 Å². The minimum atomic E-state index is 0.370. The third-order valence-electron chi connectivity index (χ3n) is 2.85. The van der Waals surface area contributed by atoms with Crippen LogP contribution in [0.25, 0.3) is 0 Å². The lowest BCUT2D eigenvalue weighted by Crippen LogP contribution is -2.00. The third kappa shape index (κ3) is 1.45. The van der Waals surface area contributed by atoms with Crippen molar-refractivity contribution in [3.8, 4) is 5.75 Å². The van der Waals surface area contributed by atoms with Crippen LogP contribution >= 0.6 is 0 Å². The number of hydrogen-bond donors (Lipinski definition) is 2. The van der Waals surface area contributed by atoms with Crippen LogP contribution in [0.4, 0.5) is 0 Å². The summed E-state index contributed by atoms with van der Waals surface area (Å²) in [7, 11) is 0. The average molecular weight is 192 g/mol. The van der Waals surface area contributed by atoms with Gasteiger partial charge in [0, 0.05) is 5.56 Å². The molecule has 0 amide bonds. The first-order valence-electron chi connectivity index (χ1n) is 4.53. The molecule has 0 heterocycles. The SMILES string of the molecule is Cc1c(C)c(/C=N\N)c(C)c(C)c1O. The van der Waals surface area contributed by atoms with E-state index < -0.39 is 0 Å². The van der Waals surface area contributed by atoms with Crippen LogP contribution in [0.3, 0.4) is 0 Å². The second kappa shape index (κ2) is 3.70. The number of hydrazone groups is 1. The van der Waals surface area contributed by atoms with Crippen molar-refractivity contribution in [2.24, 2.45) is 10.9 Å². The summed E-state index contributed by atoms with van der Waals surface area (Å²) < 4.78 is 0. The van der Waals surface area contributed by atoms with E-state index in [1.807, 2.05) is 27.7 Å². The lowest BCUT2D eigenvalue weighted by Gasteiger charge is -2.14. The molecule has 0 radical (unpaired) electrons. The number of hydrogen-bond acceptors (Lipinski definition) is 3. The van der Waals surface area contributed by atoms with Crippen molar-refractivity contribution < 1.29 is 5.11 Å². The van der Waals surface area contributed by atoms with E-state index in [4.69, 9.17) is 5.84 Å². The molecule has 0 unspecified atom stereocenters. The molecule has 3 heteroatoms. The highest BCUT2D eigenvalue weighted by atomic mass is 16.3. The molecule has 0 atom stereocenters. The Morgan fingerprint density at radius 2 is 1.43 bits per heavy atom. The van der Waals surface area contributed by atoms with Crippen LogP contribution in [0.5, 0.6) is 5.75 Å². The molecule has 14 heavy (non-hydrogen) atoms. The lowest BCUT2D eigenvalue weighted by molar-refractivity contribution is 0.465. The first kappa shape index (κ1) is 10.6. The van der Waals surface area contributed by atoms with Crippen molar-refractivity contribution in [3.63, 3.8) is 0 Å². The Bertz CT molecular complexity index is 366. The summed E-state index contributed by atoms with van der Waals surface area (Å²) in [6, 6.07) is 0. The van der Waals surface area contributed by atoms with Gasteiger partial charge in [-0.25, -0.2) is 0 Å². The average Bonchev–Trinajstić information content (AvgIpc) is 2.19. The van der Waals surface area contributed by atoms with Crippen molar-refractivity contribution >= 4 is 6.21 Å². The fourth-order valence-electron chi connectivity index (χ4n) is 1.59. The lowest BCUT2D eigenvalue weighted by atomic mass is 9.94. The quantitative estimate of drug-likeness (QED) is 0.405. The maximum absolute atomic E-state index is 9.78. The number of rotatable bonds is 1. The number of nitrogens with two attached hydrogens (primary N) is 1. The van der Waals surface area contributed by atoms with E-state index in [1.165, 1.54) is 0 Å². The number of phenols is 1. The van der Waals surface area contributed by atoms with E-state index in [2.05, 4.69) is 5.10 Å². The summed E-state index contributed by atoms with van der Waals surface area (Å²) in [6.07, 6.45) is 1.63. The summed E-state index contributed by atoms with van der Waals surface area (Å²) in [5.74, 6) is 5.51. The molecule has 0 aliphatic rings. The van der Waals surface area contributed by atoms with Gasteiger partial charge in [-0.3, -0.25) is 0 Å². The Hall–Kier alpha value is -1.51. The summed E-state index contributed by atoms with van der Waals surface area (Å²) in [6.45, 7) is 7.70. The van der Waals surface area contributed by atoms with Gasteiger partial charge in [0.25, 0.3) is 0 Å². The molecule has 1 rings (SSSR count). The van der Waals surface area contributed by atoms with Gasteiger partial charge in [-0.05, 0) is 49.9 Å². The summed E-state index contributed by atoms with van der Waals surface area (Å²) >= 11 is 0. The van der Waals surface area contributed by atoms with Gasteiger partial charge >= 0.3 is 0 Å². The molecule has 0 spiro atoms. The van der Waals surface area contributed by atoms with Crippen molar-refractivity contribution in [3.05, 3.63) is 27.8 Å². The van der Waals surface area contributed by atoms with Crippen molar-refractivity contribution in [2.75, 3.05) is 0 Å². The molecule has 76 valence electrons. The molecule has 0 fully saturated rings. The van der Waals surface area contributed by atoms with Crippen molar-refractivity contribution in [2.45, 2.75) is 27.7 Å². The topological polar surface area (TPSA) is 58.6 Å². The Morgan fingerprint density at radius 1 is 1.00 bits per heavy atom. The van der Waals surface area contributed by atoms with Crippen LogP contribution in [0.1, 0.15) is 27.8 Å². The fraction of sp³-hybridized carbons (Fsp3) is 0.364. The highest BCUT2D eigenvalue weighted by molar-refractivity contribution is 5.85. The van der Waals surface area contributed by atoms with E-state index in [0.717, 1.165) is 27.8 Å². The van der Waals surface area contributed by atoms with Gasteiger partial charge in [-0.2, -0.15) is 5.10 Å². The minimum absolute atomic E-state index is 0.370. The summed E-state index contributed by atoms with van der Waals surface area (Å²) in [5, 5.41) is 13.3. The zero-order chi connectivity index (χ0) is 10.9. The second-order valence-corrected chi connectivity index (χ2v) is 3.54. The second-order valence-electron chi connectivity index (χ2n) is 3.54. The monoisotopic (exact) mass is 192 g/mol. The summed E-state index contributed by atoms with van der Waals surface area (Å²) in [5.41, 5.74) is 4.84. The number of aromatic hydroxyl groups is 1. The normalized spacial score (nSPS) is 11.1. The molecule has 3 N–H and O–H groups in total. The van der Waals surface area contributed by atoms with Crippen molar-refractivity contribution in [1.82, 2.24) is 0 Å². The van der Waals surface area contributed by atoms with Crippen LogP contribution in [0, 0.1) is 27.7 Å². The van der Waals surface area contributed by atoms with Crippen LogP contribution in [0.15, 0.2) is 5.10 Å². The van der Waals surface area contributed by atoms with Gasteiger partial charge in [-0.15, -0.1) is 0 Å². The molecule has 0 saturated heterocycles. The van der Waals surface area contributed by atoms with Crippen LogP contribution in [0.2, 0.25) is 0 Å². The molecule has 1 aromatic rings. The minimum Gasteiger partial charge on any atom is -0.507 e. The van der Waals surface area contributed by atoms with Crippen LogP contribution in [-0.4, -0.2) is 11.3 Å². The molecule has 1 aromatic carbocycles. The highest BCUT2D eigenvalue weighted by Crippen LogP contribution is 2.30. The first-order chi connectivity index (χ1) is 6.50.